The third-order valence-electron chi connectivity index (χ3n) is 2.47. The summed E-state index contributed by atoms with van der Waals surface area (Å²) in [5, 5.41) is 2.99. The van der Waals surface area contributed by atoms with Crippen LogP contribution in [-0.4, -0.2) is 26.9 Å². The zero-order valence-corrected chi connectivity index (χ0v) is 11.0. The quantitative estimate of drug-likeness (QED) is 0.777. The maximum atomic E-state index is 12.0. The van der Waals surface area contributed by atoms with Gasteiger partial charge >= 0.3 is 6.18 Å². The first-order chi connectivity index (χ1) is 8.96. The van der Waals surface area contributed by atoms with E-state index in [1.54, 1.807) is 12.1 Å². The summed E-state index contributed by atoms with van der Waals surface area (Å²) in [6, 6.07) is 5.38. The fraction of sp³-hybridized carbons (Fsp3) is 0.538. The lowest BCUT2D eigenvalue weighted by Crippen LogP contribution is -2.10. The first kappa shape index (κ1) is 15.6. The van der Waals surface area contributed by atoms with E-state index in [1.807, 2.05) is 13.1 Å². The summed E-state index contributed by atoms with van der Waals surface area (Å²) in [6.45, 7) is 0.668. The van der Waals surface area contributed by atoms with Gasteiger partial charge < -0.3 is 14.8 Å². The molecule has 0 aliphatic carbocycles. The first-order valence-electron chi connectivity index (χ1n) is 5.97. The molecule has 108 valence electrons. The Balaban J connectivity index is 2.57. The molecule has 0 spiro atoms. The van der Waals surface area contributed by atoms with E-state index in [4.69, 9.17) is 9.47 Å². The highest BCUT2D eigenvalue weighted by molar-refractivity contribution is 5.42. The van der Waals surface area contributed by atoms with Gasteiger partial charge in [0.15, 0.2) is 11.5 Å². The van der Waals surface area contributed by atoms with Crippen LogP contribution in [0.2, 0.25) is 0 Å². The summed E-state index contributed by atoms with van der Waals surface area (Å²) < 4.78 is 46.5. The largest absolute Gasteiger partial charge is 0.493 e. The summed E-state index contributed by atoms with van der Waals surface area (Å²) in [4.78, 5) is 0. The van der Waals surface area contributed by atoms with Gasteiger partial charge in [0.1, 0.15) is 0 Å². The Bertz CT molecular complexity index is 394. The van der Waals surface area contributed by atoms with Gasteiger partial charge in [-0.05, 0) is 31.2 Å². The second-order valence-corrected chi connectivity index (χ2v) is 4.08. The number of nitrogens with one attached hydrogen (secondary N) is 1. The predicted molar refractivity (Wildman–Crippen MR) is 66.5 cm³/mol. The third-order valence-corrected chi connectivity index (χ3v) is 2.47. The van der Waals surface area contributed by atoms with Crippen LogP contribution in [0, 0.1) is 0 Å². The van der Waals surface area contributed by atoms with Crippen LogP contribution in [0.25, 0.3) is 0 Å². The SMILES string of the molecule is CNCc1ccc(OC)c(OCCCC(F)(F)F)c1. The van der Waals surface area contributed by atoms with Crippen molar-refractivity contribution in [2.45, 2.75) is 25.6 Å². The Morgan fingerprint density at radius 1 is 1.21 bits per heavy atom. The molecule has 3 nitrogen and oxygen atoms in total. The van der Waals surface area contributed by atoms with Crippen LogP contribution in [0.15, 0.2) is 18.2 Å². The van der Waals surface area contributed by atoms with Crippen molar-refractivity contribution in [3.8, 4) is 11.5 Å². The van der Waals surface area contributed by atoms with Crippen LogP contribution >= 0.6 is 0 Å². The van der Waals surface area contributed by atoms with Crippen molar-refractivity contribution in [1.29, 1.82) is 0 Å². The molecule has 0 atom stereocenters. The lowest BCUT2D eigenvalue weighted by molar-refractivity contribution is -0.136. The fourth-order valence-electron chi connectivity index (χ4n) is 1.60. The second kappa shape index (κ2) is 7.23. The number of ether oxygens (including phenoxy) is 2. The third kappa shape index (κ3) is 5.83. The molecule has 0 aliphatic rings. The van der Waals surface area contributed by atoms with Crippen LogP contribution in [0.5, 0.6) is 11.5 Å². The Morgan fingerprint density at radius 2 is 1.95 bits per heavy atom. The maximum absolute atomic E-state index is 12.0. The number of hydrogen-bond donors (Lipinski definition) is 1. The maximum Gasteiger partial charge on any atom is 0.389 e. The zero-order valence-electron chi connectivity index (χ0n) is 11.0. The summed E-state index contributed by atoms with van der Waals surface area (Å²) in [5.41, 5.74) is 0.981. The van der Waals surface area contributed by atoms with Gasteiger partial charge in [0.05, 0.1) is 13.7 Å². The molecule has 0 aliphatic heterocycles. The number of alkyl halides is 3. The molecule has 1 aromatic carbocycles. The molecular formula is C13H18F3NO2. The minimum absolute atomic E-state index is 0.0128. The number of methoxy groups -OCH3 is 1. The Morgan fingerprint density at radius 3 is 2.53 bits per heavy atom. The van der Waals surface area contributed by atoms with Crippen LogP contribution in [0.4, 0.5) is 13.2 Å². The molecule has 0 heterocycles. The molecule has 0 fully saturated rings. The average molecular weight is 277 g/mol. The van der Waals surface area contributed by atoms with Crippen molar-refractivity contribution in [2.24, 2.45) is 0 Å². The van der Waals surface area contributed by atoms with E-state index in [9.17, 15) is 13.2 Å². The van der Waals surface area contributed by atoms with E-state index in [1.165, 1.54) is 7.11 Å². The molecule has 19 heavy (non-hydrogen) atoms. The molecule has 0 radical (unpaired) electrons. The Labute approximate surface area is 110 Å². The van der Waals surface area contributed by atoms with Gasteiger partial charge in [0.25, 0.3) is 0 Å². The topological polar surface area (TPSA) is 30.5 Å². The average Bonchev–Trinajstić information content (AvgIpc) is 2.34. The van der Waals surface area contributed by atoms with Gasteiger partial charge in [-0.2, -0.15) is 13.2 Å². The lowest BCUT2D eigenvalue weighted by atomic mass is 10.2. The van der Waals surface area contributed by atoms with Crippen LogP contribution < -0.4 is 14.8 Å². The number of benzene rings is 1. The molecule has 1 aromatic rings. The Hall–Kier alpha value is -1.43. The van der Waals surface area contributed by atoms with Crippen molar-refractivity contribution < 1.29 is 22.6 Å². The molecule has 0 aromatic heterocycles. The van der Waals surface area contributed by atoms with E-state index in [0.717, 1.165) is 5.56 Å². The van der Waals surface area contributed by atoms with Crippen molar-refractivity contribution in [2.75, 3.05) is 20.8 Å². The van der Waals surface area contributed by atoms with Crippen molar-refractivity contribution >= 4 is 0 Å². The molecule has 1 N–H and O–H groups in total. The molecule has 1 rings (SSSR count). The van der Waals surface area contributed by atoms with Crippen molar-refractivity contribution in [3.05, 3.63) is 23.8 Å². The van der Waals surface area contributed by atoms with Gasteiger partial charge in [-0.25, -0.2) is 0 Å². The molecule has 0 unspecified atom stereocenters. The van der Waals surface area contributed by atoms with Gasteiger partial charge in [-0.1, -0.05) is 6.07 Å². The van der Waals surface area contributed by atoms with E-state index in [-0.39, 0.29) is 13.0 Å². The summed E-state index contributed by atoms with van der Waals surface area (Å²) in [5.74, 6) is 0.990. The highest BCUT2D eigenvalue weighted by Crippen LogP contribution is 2.29. The van der Waals surface area contributed by atoms with Crippen LogP contribution in [0.1, 0.15) is 18.4 Å². The summed E-state index contributed by atoms with van der Waals surface area (Å²) in [6.07, 6.45) is -5.05. The normalized spacial score (nSPS) is 11.4. The van der Waals surface area contributed by atoms with Gasteiger partial charge in [0.2, 0.25) is 0 Å². The van der Waals surface area contributed by atoms with Gasteiger partial charge in [0, 0.05) is 13.0 Å². The monoisotopic (exact) mass is 277 g/mol. The minimum atomic E-state index is -4.14. The van der Waals surface area contributed by atoms with Crippen molar-refractivity contribution in [1.82, 2.24) is 5.32 Å². The predicted octanol–water partition coefficient (Wildman–Crippen LogP) is 3.14. The Kier molecular flexibility index (Phi) is 5.95. The van der Waals surface area contributed by atoms with Crippen molar-refractivity contribution in [3.63, 3.8) is 0 Å². The fourth-order valence-corrected chi connectivity index (χ4v) is 1.60. The molecule has 0 saturated heterocycles. The summed E-state index contributed by atoms with van der Waals surface area (Å²) in [7, 11) is 3.31. The molecule has 6 heteroatoms. The second-order valence-electron chi connectivity index (χ2n) is 4.08. The lowest BCUT2D eigenvalue weighted by Gasteiger charge is -2.13. The van der Waals surface area contributed by atoms with E-state index in [0.29, 0.717) is 18.0 Å². The van der Waals surface area contributed by atoms with Gasteiger partial charge in [-0.15, -0.1) is 0 Å². The van der Waals surface area contributed by atoms with E-state index < -0.39 is 12.6 Å². The van der Waals surface area contributed by atoms with Gasteiger partial charge in [-0.3, -0.25) is 0 Å². The molecule has 0 bridgehead atoms. The molecule has 0 saturated carbocycles. The zero-order chi connectivity index (χ0) is 14.3. The number of halogens is 3. The first-order valence-corrected chi connectivity index (χ1v) is 5.97. The summed E-state index contributed by atoms with van der Waals surface area (Å²) >= 11 is 0. The molecule has 0 amide bonds. The molecular weight excluding hydrogens is 259 g/mol. The van der Waals surface area contributed by atoms with Crippen LogP contribution in [0.3, 0.4) is 0 Å². The minimum Gasteiger partial charge on any atom is -0.493 e. The van der Waals surface area contributed by atoms with E-state index >= 15 is 0 Å². The number of rotatable bonds is 7. The standard InChI is InChI=1S/C13H18F3NO2/c1-17-9-10-4-5-11(18-2)12(8-10)19-7-3-6-13(14,15)16/h4-5,8,17H,3,6-7,9H2,1-2H3. The highest BCUT2D eigenvalue weighted by atomic mass is 19.4. The van der Waals surface area contributed by atoms with E-state index in [2.05, 4.69) is 5.32 Å². The smallest absolute Gasteiger partial charge is 0.389 e. The number of hydrogen-bond acceptors (Lipinski definition) is 3. The highest BCUT2D eigenvalue weighted by Gasteiger charge is 2.26. The van der Waals surface area contributed by atoms with Crippen LogP contribution in [-0.2, 0) is 6.54 Å².